The van der Waals surface area contributed by atoms with Crippen LogP contribution in [0, 0.1) is 5.41 Å². The number of hydrogen-bond donors (Lipinski definition) is 1. The van der Waals surface area contributed by atoms with E-state index in [0.29, 0.717) is 22.3 Å². The minimum Gasteiger partial charge on any atom is -0.481 e. The fourth-order valence-corrected chi connectivity index (χ4v) is 4.84. The summed E-state index contributed by atoms with van der Waals surface area (Å²) in [5.41, 5.74) is 0.650. The molecule has 1 aliphatic rings. The van der Waals surface area contributed by atoms with E-state index in [1.807, 2.05) is 30.3 Å². The summed E-state index contributed by atoms with van der Waals surface area (Å²) in [6.45, 7) is 1.70. The first kappa shape index (κ1) is 22.2. The summed E-state index contributed by atoms with van der Waals surface area (Å²) in [4.78, 5) is 35.4. The quantitative estimate of drug-likeness (QED) is 0.531. The highest BCUT2D eigenvalue weighted by atomic mass is 35.5. The van der Waals surface area contributed by atoms with Crippen molar-refractivity contribution in [2.24, 2.45) is 5.41 Å². The van der Waals surface area contributed by atoms with Crippen molar-refractivity contribution in [1.82, 2.24) is 9.97 Å². The minimum absolute atomic E-state index is 0.230. The van der Waals surface area contributed by atoms with Crippen molar-refractivity contribution in [2.45, 2.75) is 31.7 Å². The van der Waals surface area contributed by atoms with Gasteiger partial charge in [-0.3, -0.25) is 14.5 Å². The van der Waals surface area contributed by atoms with Gasteiger partial charge in [-0.25, -0.2) is 9.97 Å². The topological polar surface area (TPSA) is 83.4 Å². The maximum Gasteiger partial charge on any atom is 0.304 e. The molecule has 3 aromatic rings. The average molecular weight is 470 g/mol. The predicted octanol–water partition coefficient (Wildman–Crippen LogP) is 5.53. The molecular formula is C24H21Cl2N3O3. The standard InChI is InChI=1S/C24H21Cl2N3O3/c1-24(13-21(30)31)12-19(16-3-2-4-18(26)11-16)22(15-5-7-17(25)8-6-15)29(23(24)32)20-9-10-27-14-28-20/h2-11,14,19,22H,12-13H2,1H3,(H,30,31)/t19-,22?,24-/m1/s1. The molecule has 2 aromatic carbocycles. The van der Waals surface area contributed by atoms with Crippen LogP contribution in [0.3, 0.4) is 0 Å². The number of anilines is 1. The summed E-state index contributed by atoms with van der Waals surface area (Å²) in [7, 11) is 0. The molecule has 0 spiro atoms. The molecule has 0 saturated carbocycles. The van der Waals surface area contributed by atoms with Crippen LogP contribution in [0.1, 0.15) is 42.9 Å². The van der Waals surface area contributed by atoms with Gasteiger partial charge in [0.1, 0.15) is 12.1 Å². The summed E-state index contributed by atoms with van der Waals surface area (Å²) in [6, 6.07) is 16.0. The van der Waals surface area contributed by atoms with Gasteiger partial charge in [-0.05, 0) is 47.9 Å². The maximum atomic E-state index is 13.8. The highest BCUT2D eigenvalue weighted by molar-refractivity contribution is 6.30. The van der Waals surface area contributed by atoms with E-state index in [2.05, 4.69) is 9.97 Å². The number of aromatic nitrogens is 2. The van der Waals surface area contributed by atoms with Crippen LogP contribution in [-0.2, 0) is 9.59 Å². The number of rotatable bonds is 5. The van der Waals surface area contributed by atoms with E-state index >= 15 is 0 Å². The molecule has 1 fully saturated rings. The Balaban J connectivity index is 1.94. The maximum absolute atomic E-state index is 13.8. The Morgan fingerprint density at radius 2 is 1.88 bits per heavy atom. The Morgan fingerprint density at radius 1 is 1.12 bits per heavy atom. The van der Waals surface area contributed by atoms with Gasteiger partial charge < -0.3 is 5.11 Å². The molecule has 0 radical (unpaired) electrons. The molecule has 1 aromatic heterocycles. The minimum atomic E-state index is -1.13. The second kappa shape index (κ2) is 8.88. The van der Waals surface area contributed by atoms with Gasteiger partial charge in [-0.15, -0.1) is 0 Å². The largest absolute Gasteiger partial charge is 0.481 e. The number of hydrogen-bond acceptors (Lipinski definition) is 4. The van der Waals surface area contributed by atoms with E-state index in [9.17, 15) is 14.7 Å². The predicted molar refractivity (Wildman–Crippen MR) is 123 cm³/mol. The average Bonchev–Trinajstić information content (AvgIpc) is 2.76. The van der Waals surface area contributed by atoms with Gasteiger partial charge in [-0.2, -0.15) is 0 Å². The number of carbonyl (C=O) groups excluding carboxylic acids is 1. The molecule has 1 amide bonds. The molecule has 3 atom stereocenters. The van der Waals surface area contributed by atoms with Crippen LogP contribution >= 0.6 is 23.2 Å². The Hall–Kier alpha value is -2.96. The number of benzene rings is 2. The fraction of sp³-hybridized carbons (Fsp3) is 0.250. The summed E-state index contributed by atoms with van der Waals surface area (Å²) in [6.07, 6.45) is 2.98. The van der Waals surface area contributed by atoms with E-state index < -0.39 is 17.4 Å². The smallest absolute Gasteiger partial charge is 0.304 e. The molecule has 1 saturated heterocycles. The van der Waals surface area contributed by atoms with Gasteiger partial charge in [0.2, 0.25) is 5.91 Å². The van der Waals surface area contributed by atoms with Gasteiger partial charge in [-0.1, -0.05) is 54.4 Å². The monoisotopic (exact) mass is 469 g/mol. The van der Waals surface area contributed by atoms with Crippen molar-refractivity contribution in [2.75, 3.05) is 4.90 Å². The lowest BCUT2D eigenvalue weighted by Gasteiger charge is -2.48. The Morgan fingerprint density at radius 3 is 2.50 bits per heavy atom. The van der Waals surface area contributed by atoms with E-state index in [4.69, 9.17) is 23.2 Å². The molecule has 1 unspecified atom stereocenters. The van der Waals surface area contributed by atoms with Crippen LogP contribution in [0.4, 0.5) is 5.82 Å². The summed E-state index contributed by atoms with van der Waals surface area (Å²) in [5, 5.41) is 10.7. The van der Waals surface area contributed by atoms with Crippen LogP contribution < -0.4 is 4.90 Å². The second-order valence-electron chi connectivity index (χ2n) is 8.24. The molecule has 1 N–H and O–H groups in total. The van der Waals surface area contributed by atoms with E-state index in [-0.39, 0.29) is 18.2 Å². The normalized spacial score (nSPS) is 23.2. The summed E-state index contributed by atoms with van der Waals surface area (Å²) >= 11 is 12.4. The summed E-state index contributed by atoms with van der Waals surface area (Å²) < 4.78 is 0. The number of nitrogens with zero attached hydrogens (tertiary/aromatic N) is 3. The number of amides is 1. The molecule has 1 aliphatic heterocycles. The lowest BCUT2D eigenvalue weighted by atomic mass is 9.67. The number of halogens is 2. The van der Waals surface area contributed by atoms with Crippen LogP contribution in [0.2, 0.25) is 10.0 Å². The molecule has 4 rings (SSSR count). The zero-order chi connectivity index (χ0) is 22.9. The number of piperidine rings is 1. The van der Waals surface area contributed by atoms with Crippen LogP contribution in [0.5, 0.6) is 0 Å². The zero-order valence-electron chi connectivity index (χ0n) is 17.3. The Bertz CT molecular complexity index is 1140. The second-order valence-corrected chi connectivity index (χ2v) is 9.11. The number of carboxylic acid groups (broad SMARTS) is 1. The third kappa shape index (κ3) is 4.33. The number of aliphatic carboxylic acids is 1. The molecular weight excluding hydrogens is 449 g/mol. The SMILES string of the molecule is C[C@]1(CC(=O)O)C[C@H](c2cccc(Cl)c2)C(c2ccc(Cl)cc2)N(c2ccncn2)C1=O. The first-order valence-electron chi connectivity index (χ1n) is 10.1. The van der Waals surface area contributed by atoms with Crippen molar-refractivity contribution in [1.29, 1.82) is 0 Å². The third-order valence-corrected chi connectivity index (χ3v) is 6.39. The van der Waals surface area contributed by atoms with Crippen molar-refractivity contribution in [3.8, 4) is 0 Å². The molecule has 164 valence electrons. The molecule has 2 heterocycles. The lowest BCUT2D eigenvalue weighted by molar-refractivity contribution is -0.145. The van der Waals surface area contributed by atoms with Crippen LogP contribution in [-0.4, -0.2) is 27.0 Å². The Labute approximate surface area is 195 Å². The van der Waals surface area contributed by atoms with E-state index in [1.54, 1.807) is 42.3 Å². The number of carbonyl (C=O) groups is 2. The zero-order valence-corrected chi connectivity index (χ0v) is 18.8. The lowest BCUT2D eigenvalue weighted by Crippen LogP contribution is -2.53. The van der Waals surface area contributed by atoms with Gasteiger partial charge in [0.15, 0.2) is 0 Å². The first-order valence-corrected chi connectivity index (χ1v) is 10.9. The molecule has 32 heavy (non-hydrogen) atoms. The van der Waals surface area contributed by atoms with E-state index in [1.165, 1.54) is 6.33 Å². The van der Waals surface area contributed by atoms with Crippen LogP contribution in [0.15, 0.2) is 67.1 Å². The van der Waals surface area contributed by atoms with Gasteiger partial charge >= 0.3 is 5.97 Å². The highest BCUT2D eigenvalue weighted by Crippen LogP contribution is 2.52. The van der Waals surface area contributed by atoms with Crippen molar-refractivity contribution < 1.29 is 14.7 Å². The fourth-order valence-electron chi connectivity index (χ4n) is 4.51. The molecule has 6 nitrogen and oxygen atoms in total. The van der Waals surface area contributed by atoms with Gasteiger partial charge in [0.05, 0.1) is 17.9 Å². The summed E-state index contributed by atoms with van der Waals surface area (Å²) in [5.74, 6) is -1.14. The Kier molecular flexibility index (Phi) is 6.17. The van der Waals surface area contributed by atoms with Crippen molar-refractivity contribution in [3.63, 3.8) is 0 Å². The van der Waals surface area contributed by atoms with Gasteiger partial charge in [0, 0.05) is 22.2 Å². The first-order chi connectivity index (χ1) is 15.3. The van der Waals surface area contributed by atoms with Gasteiger partial charge in [0.25, 0.3) is 0 Å². The molecule has 0 aliphatic carbocycles. The van der Waals surface area contributed by atoms with E-state index in [0.717, 1.165) is 11.1 Å². The van der Waals surface area contributed by atoms with Crippen molar-refractivity contribution in [3.05, 3.63) is 88.3 Å². The number of carboxylic acids is 1. The van der Waals surface area contributed by atoms with Crippen LogP contribution in [0.25, 0.3) is 0 Å². The molecule has 8 heteroatoms. The van der Waals surface area contributed by atoms with Crippen molar-refractivity contribution >= 4 is 40.9 Å². The molecule has 0 bridgehead atoms. The highest BCUT2D eigenvalue weighted by Gasteiger charge is 2.51. The third-order valence-electron chi connectivity index (χ3n) is 5.91.